The van der Waals surface area contributed by atoms with Crippen LogP contribution in [0.1, 0.15) is 75.9 Å². The molecule has 4 rings (SSSR count). The molecule has 8 nitrogen and oxygen atoms in total. The summed E-state index contributed by atoms with van der Waals surface area (Å²) in [6.07, 6.45) is 0. The normalized spacial score (nSPS) is 11.3. The maximum atomic E-state index is 11.7. The van der Waals surface area contributed by atoms with E-state index in [0.29, 0.717) is 31.1 Å². The molecule has 0 aliphatic heterocycles. The molecule has 0 bridgehead atoms. The van der Waals surface area contributed by atoms with Gasteiger partial charge in [-0.05, 0) is 64.8 Å². The molecule has 38 heavy (non-hydrogen) atoms. The largest absolute Gasteiger partial charge is 0.461 e. The Hall–Kier alpha value is -4.20. The summed E-state index contributed by atoms with van der Waals surface area (Å²) in [7, 11) is 0. The molecule has 0 saturated heterocycles. The van der Waals surface area contributed by atoms with E-state index in [-0.39, 0.29) is 18.0 Å². The second kappa shape index (κ2) is 13.4. The van der Waals surface area contributed by atoms with Crippen LogP contribution in [0.2, 0.25) is 0 Å². The minimum Gasteiger partial charge on any atom is -0.461 e. The minimum absolute atomic E-state index is 0.0874. The van der Waals surface area contributed by atoms with Gasteiger partial charge in [0.2, 0.25) is 0 Å². The van der Waals surface area contributed by atoms with E-state index in [1.807, 2.05) is 41.4 Å². The Morgan fingerprint density at radius 1 is 0.789 bits per heavy atom. The van der Waals surface area contributed by atoms with Gasteiger partial charge in [-0.3, -0.25) is 9.36 Å². The van der Waals surface area contributed by atoms with Gasteiger partial charge in [-0.2, -0.15) is 10.2 Å². The molecule has 4 aromatic rings. The molecule has 0 N–H and O–H groups in total. The molecule has 2 heterocycles. The summed E-state index contributed by atoms with van der Waals surface area (Å²) in [5.74, 6) is -0.738. The fourth-order valence-electron chi connectivity index (χ4n) is 3.90. The maximum absolute atomic E-state index is 11.7. The van der Waals surface area contributed by atoms with Gasteiger partial charge in [-0.25, -0.2) is 9.59 Å². The van der Waals surface area contributed by atoms with Crippen molar-refractivity contribution >= 4 is 11.9 Å². The van der Waals surface area contributed by atoms with Gasteiger partial charge in [0.15, 0.2) is 11.4 Å². The van der Waals surface area contributed by atoms with Crippen LogP contribution in [0.15, 0.2) is 66.7 Å². The van der Waals surface area contributed by atoms with Gasteiger partial charge in [0.25, 0.3) is 0 Å². The second-order valence-electron chi connectivity index (χ2n) is 8.96. The van der Waals surface area contributed by atoms with E-state index in [1.165, 1.54) is 5.56 Å². The summed E-state index contributed by atoms with van der Waals surface area (Å²) in [5.41, 5.74) is 6.17. The smallest absolute Gasteiger partial charge is 0.358 e. The van der Waals surface area contributed by atoms with Crippen molar-refractivity contribution in [3.63, 3.8) is 0 Å². The van der Waals surface area contributed by atoms with Crippen molar-refractivity contribution in [3.8, 4) is 0 Å². The highest BCUT2D eigenvalue weighted by molar-refractivity contribution is 5.87. The highest BCUT2D eigenvalue weighted by atomic mass is 16.5. The Bertz CT molecular complexity index is 1340. The molecule has 1 unspecified atom stereocenters. The van der Waals surface area contributed by atoms with E-state index in [2.05, 4.69) is 60.4 Å². The standard InChI is InChI=1S/2C15H18N2O2/c1-4-19-15(18)14-9-12(3)17(16-14)10-13-7-5-11(2)6-8-13;1-4-19-15(18)14-10-11(2)17(16-14)12(3)13-8-6-5-7-9-13/h5-9H,4,10H2,1-3H3;5-10,12H,4H2,1-3H3. The molecule has 2 aromatic carbocycles. The van der Waals surface area contributed by atoms with Crippen molar-refractivity contribution in [3.05, 3.63) is 106 Å². The molecule has 200 valence electrons. The third-order valence-electron chi connectivity index (χ3n) is 5.97. The third kappa shape index (κ3) is 7.41. The summed E-state index contributed by atoms with van der Waals surface area (Å²) < 4.78 is 13.6. The lowest BCUT2D eigenvalue weighted by atomic mass is 10.1. The zero-order valence-corrected chi connectivity index (χ0v) is 23.0. The molecule has 0 saturated carbocycles. The number of hydrogen-bond acceptors (Lipinski definition) is 6. The van der Waals surface area contributed by atoms with Gasteiger partial charge in [-0.15, -0.1) is 0 Å². The van der Waals surface area contributed by atoms with Crippen LogP contribution in [-0.4, -0.2) is 44.7 Å². The zero-order chi connectivity index (χ0) is 27.7. The van der Waals surface area contributed by atoms with Crippen molar-refractivity contribution in [2.45, 2.75) is 54.1 Å². The number of hydrogen-bond donors (Lipinski definition) is 0. The Morgan fingerprint density at radius 2 is 1.34 bits per heavy atom. The molecular weight excluding hydrogens is 480 g/mol. The topological polar surface area (TPSA) is 88.2 Å². The predicted molar refractivity (Wildman–Crippen MR) is 146 cm³/mol. The highest BCUT2D eigenvalue weighted by Gasteiger charge is 2.17. The van der Waals surface area contributed by atoms with Crippen LogP contribution in [-0.2, 0) is 16.0 Å². The van der Waals surface area contributed by atoms with Crippen molar-refractivity contribution in [1.82, 2.24) is 19.6 Å². The van der Waals surface area contributed by atoms with Crippen molar-refractivity contribution in [2.24, 2.45) is 0 Å². The minimum atomic E-state index is -0.371. The molecule has 0 fully saturated rings. The highest BCUT2D eigenvalue weighted by Crippen LogP contribution is 2.19. The summed E-state index contributed by atoms with van der Waals surface area (Å²) >= 11 is 0. The quantitative estimate of drug-likeness (QED) is 0.279. The van der Waals surface area contributed by atoms with Crippen LogP contribution in [0.5, 0.6) is 0 Å². The van der Waals surface area contributed by atoms with E-state index >= 15 is 0 Å². The van der Waals surface area contributed by atoms with Crippen molar-refractivity contribution in [1.29, 1.82) is 0 Å². The number of rotatable bonds is 8. The SMILES string of the molecule is CCOC(=O)c1cc(C)n(C(C)c2ccccc2)n1.CCOC(=O)c1cc(C)n(Cc2ccc(C)cc2)n1. The number of nitrogens with zero attached hydrogens (tertiary/aromatic N) is 4. The first-order chi connectivity index (χ1) is 18.2. The second-order valence-corrected chi connectivity index (χ2v) is 8.96. The Balaban J connectivity index is 0.000000211. The van der Waals surface area contributed by atoms with Gasteiger partial charge in [0.05, 0.1) is 25.8 Å². The van der Waals surface area contributed by atoms with Crippen LogP contribution in [0.4, 0.5) is 0 Å². The number of benzene rings is 2. The van der Waals surface area contributed by atoms with Crippen LogP contribution < -0.4 is 0 Å². The van der Waals surface area contributed by atoms with E-state index < -0.39 is 0 Å². The molecule has 8 heteroatoms. The van der Waals surface area contributed by atoms with Gasteiger partial charge in [0, 0.05) is 11.4 Å². The summed E-state index contributed by atoms with van der Waals surface area (Å²) in [4.78, 5) is 23.3. The monoisotopic (exact) mass is 516 g/mol. The van der Waals surface area contributed by atoms with Crippen LogP contribution in [0.25, 0.3) is 0 Å². The van der Waals surface area contributed by atoms with Gasteiger partial charge in [0.1, 0.15) is 0 Å². The number of aryl methyl sites for hydroxylation is 3. The molecule has 1 atom stereocenters. The Labute approximate surface area is 224 Å². The van der Waals surface area contributed by atoms with Gasteiger partial charge >= 0.3 is 11.9 Å². The third-order valence-corrected chi connectivity index (χ3v) is 5.97. The lowest BCUT2D eigenvalue weighted by molar-refractivity contribution is 0.0509. The number of aromatic nitrogens is 4. The van der Waals surface area contributed by atoms with Crippen molar-refractivity contribution < 1.29 is 19.1 Å². The van der Waals surface area contributed by atoms with Gasteiger partial charge in [-0.1, -0.05) is 60.2 Å². The number of ether oxygens (including phenoxy) is 2. The lowest BCUT2D eigenvalue weighted by Gasteiger charge is -2.14. The zero-order valence-electron chi connectivity index (χ0n) is 23.0. The fraction of sp³-hybridized carbons (Fsp3) is 0.333. The lowest BCUT2D eigenvalue weighted by Crippen LogP contribution is -2.12. The first kappa shape index (κ1) is 28.4. The average molecular weight is 517 g/mol. The van der Waals surface area contributed by atoms with E-state index in [4.69, 9.17) is 9.47 Å². The number of carbonyl (C=O) groups excluding carboxylic acids is 2. The fourth-order valence-corrected chi connectivity index (χ4v) is 3.90. The maximum Gasteiger partial charge on any atom is 0.358 e. The van der Waals surface area contributed by atoms with E-state index in [1.54, 1.807) is 26.0 Å². The number of esters is 2. The molecule has 2 aromatic heterocycles. The Kier molecular flexibility index (Phi) is 9.99. The molecular formula is C30H36N4O4. The van der Waals surface area contributed by atoms with Gasteiger partial charge < -0.3 is 9.47 Å². The predicted octanol–water partition coefficient (Wildman–Crippen LogP) is 5.70. The first-order valence-electron chi connectivity index (χ1n) is 12.8. The van der Waals surface area contributed by atoms with E-state index in [9.17, 15) is 9.59 Å². The summed E-state index contributed by atoms with van der Waals surface area (Å²) in [6.45, 7) is 12.9. The Morgan fingerprint density at radius 3 is 1.92 bits per heavy atom. The number of carbonyl (C=O) groups is 2. The van der Waals surface area contributed by atoms with Crippen LogP contribution in [0, 0.1) is 20.8 Å². The van der Waals surface area contributed by atoms with Crippen molar-refractivity contribution in [2.75, 3.05) is 13.2 Å². The summed E-state index contributed by atoms with van der Waals surface area (Å²) in [6, 6.07) is 22.0. The van der Waals surface area contributed by atoms with Crippen LogP contribution in [0.3, 0.4) is 0 Å². The van der Waals surface area contributed by atoms with Crippen LogP contribution >= 0.6 is 0 Å². The first-order valence-corrected chi connectivity index (χ1v) is 12.8. The molecule has 0 aliphatic rings. The molecule has 0 amide bonds. The molecule has 0 aliphatic carbocycles. The summed E-state index contributed by atoms with van der Waals surface area (Å²) in [5, 5.41) is 8.63. The van der Waals surface area contributed by atoms with E-state index in [0.717, 1.165) is 22.5 Å². The molecule has 0 spiro atoms. The average Bonchev–Trinajstić information content (AvgIpc) is 3.48. The molecule has 0 radical (unpaired) electrons.